The predicted molar refractivity (Wildman–Crippen MR) is 64.9 cm³/mol. The zero-order valence-corrected chi connectivity index (χ0v) is 10.8. The lowest BCUT2D eigenvalue weighted by molar-refractivity contribution is -0.142. The number of benzene rings is 1. The second-order valence-electron chi connectivity index (χ2n) is 4.45. The highest BCUT2D eigenvalue weighted by Crippen LogP contribution is 2.36. The Labute approximate surface area is 101 Å². The van der Waals surface area contributed by atoms with E-state index in [1.54, 1.807) is 33.1 Å². The molecule has 4 heteroatoms. The number of carbonyl (C=O) groups is 1. The van der Waals surface area contributed by atoms with Crippen molar-refractivity contribution < 1.29 is 19.4 Å². The number of hydrogen-bond donors (Lipinski definition) is 1. The maximum atomic E-state index is 11.3. The van der Waals surface area contributed by atoms with Crippen molar-refractivity contribution in [3.63, 3.8) is 0 Å². The van der Waals surface area contributed by atoms with Gasteiger partial charge >= 0.3 is 5.97 Å². The summed E-state index contributed by atoms with van der Waals surface area (Å²) in [5, 5.41) is 9.24. The lowest BCUT2D eigenvalue weighted by Gasteiger charge is -2.23. The number of aliphatic carboxylic acids is 1. The summed E-state index contributed by atoms with van der Waals surface area (Å²) >= 11 is 0. The van der Waals surface area contributed by atoms with Crippen LogP contribution in [0.1, 0.15) is 25.0 Å². The molecule has 0 saturated heterocycles. The van der Waals surface area contributed by atoms with E-state index in [0.29, 0.717) is 11.5 Å². The minimum Gasteiger partial charge on any atom is -0.493 e. The fraction of sp³-hybridized carbons (Fsp3) is 0.462. The molecule has 0 aliphatic heterocycles. The van der Waals surface area contributed by atoms with Crippen molar-refractivity contribution in [2.45, 2.75) is 26.2 Å². The molecule has 0 aliphatic carbocycles. The average molecular weight is 238 g/mol. The summed E-state index contributed by atoms with van der Waals surface area (Å²) in [6.07, 6.45) is 0. The van der Waals surface area contributed by atoms with Gasteiger partial charge in [0.2, 0.25) is 0 Å². The third kappa shape index (κ3) is 2.35. The summed E-state index contributed by atoms with van der Waals surface area (Å²) in [5.41, 5.74) is 0.640. The molecular weight excluding hydrogens is 220 g/mol. The first-order chi connectivity index (χ1) is 7.84. The van der Waals surface area contributed by atoms with Crippen LogP contribution < -0.4 is 9.47 Å². The second kappa shape index (κ2) is 4.65. The van der Waals surface area contributed by atoms with Gasteiger partial charge in [-0.25, -0.2) is 0 Å². The van der Waals surface area contributed by atoms with Crippen molar-refractivity contribution in [3.8, 4) is 11.5 Å². The number of rotatable bonds is 4. The molecule has 0 atom stereocenters. The largest absolute Gasteiger partial charge is 0.493 e. The van der Waals surface area contributed by atoms with E-state index in [9.17, 15) is 9.90 Å². The number of ether oxygens (including phenoxy) is 2. The molecule has 0 bridgehead atoms. The summed E-state index contributed by atoms with van der Waals surface area (Å²) in [5.74, 6) is 0.283. The van der Waals surface area contributed by atoms with Gasteiger partial charge in [0.05, 0.1) is 19.6 Å². The summed E-state index contributed by atoms with van der Waals surface area (Å²) in [6.45, 7) is 5.20. The normalized spacial score (nSPS) is 11.1. The monoisotopic (exact) mass is 238 g/mol. The first kappa shape index (κ1) is 13.4. The Morgan fingerprint density at radius 3 is 2.06 bits per heavy atom. The highest BCUT2D eigenvalue weighted by Gasteiger charge is 2.32. The minimum absolute atomic E-state index is 0.544. The molecule has 1 rings (SSSR count). The molecule has 1 N–H and O–H groups in total. The Balaban J connectivity index is 3.41. The van der Waals surface area contributed by atoms with E-state index in [-0.39, 0.29) is 0 Å². The van der Waals surface area contributed by atoms with Crippen LogP contribution in [-0.2, 0) is 10.2 Å². The maximum Gasteiger partial charge on any atom is 0.313 e. The SMILES string of the molecule is COc1cc(C)c(C(C)(C)C(=O)O)cc1OC. The van der Waals surface area contributed by atoms with Crippen LogP contribution in [0.5, 0.6) is 11.5 Å². The standard InChI is InChI=1S/C13H18O4/c1-8-6-10(16-4)11(17-5)7-9(8)13(2,3)12(14)15/h6-7H,1-5H3,(H,14,15). The molecule has 0 radical (unpaired) electrons. The Morgan fingerprint density at radius 1 is 1.18 bits per heavy atom. The Bertz CT molecular complexity index is 435. The number of carboxylic acid groups (broad SMARTS) is 1. The van der Waals surface area contributed by atoms with E-state index in [0.717, 1.165) is 11.1 Å². The van der Waals surface area contributed by atoms with Gasteiger partial charge in [0.15, 0.2) is 11.5 Å². The van der Waals surface area contributed by atoms with Crippen LogP contribution in [0.2, 0.25) is 0 Å². The summed E-state index contributed by atoms with van der Waals surface area (Å²) < 4.78 is 10.4. The number of methoxy groups -OCH3 is 2. The highest BCUT2D eigenvalue weighted by molar-refractivity contribution is 5.81. The molecule has 0 unspecified atom stereocenters. The van der Waals surface area contributed by atoms with Gasteiger partial charge in [-0.05, 0) is 44.0 Å². The van der Waals surface area contributed by atoms with E-state index in [4.69, 9.17) is 9.47 Å². The molecule has 0 saturated carbocycles. The van der Waals surface area contributed by atoms with Crippen molar-refractivity contribution in [1.82, 2.24) is 0 Å². The van der Waals surface area contributed by atoms with E-state index < -0.39 is 11.4 Å². The molecular formula is C13H18O4. The summed E-state index contributed by atoms with van der Waals surface area (Å²) in [4.78, 5) is 11.3. The average Bonchev–Trinajstić information content (AvgIpc) is 2.27. The van der Waals surface area contributed by atoms with E-state index >= 15 is 0 Å². The first-order valence-corrected chi connectivity index (χ1v) is 5.31. The minimum atomic E-state index is -0.955. The predicted octanol–water partition coefficient (Wildman–Crippen LogP) is 2.37. The molecule has 0 aromatic heterocycles. The fourth-order valence-electron chi connectivity index (χ4n) is 1.77. The van der Waals surface area contributed by atoms with Crippen LogP contribution in [0, 0.1) is 6.92 Å². The zero-order chi connectivity index (χ0) is 13.2. The number of aryl methyl sites for hydroxylation is 1. The molecule has 0 spiro atoms. The van der Waals surface area contributed by atoms with E-state index in [2.05, 4.69) is 0 Å². The Kier molecular flexibility index (Phi) is 3.66. The Morgan fingerprint density at radius 2 is 1.65 bits per heavy atom. The van der Waals surface area contributed by atoms with Crippen LogP contribution in [0.4, 0.5) is 0 Å². The van der Waals surface area contributed by atoms with Gasteiger partial charge in [-0.3, -0.25) is 4.79 Å². The summed E-state index contributed by atoms with van der Waals surface area (Å²) in [6, 6.07) is 3.52. The maximum absolute atomic E-state index is 11.3. The third-order valence-electron chi connectivity index (χ3n) is 2.94. The fourth-order valence-corrected chi connectivity index (χ4v) is 1.77. The second-order valence-corrected chi connectivity index (χ2v) is 4.45. The van der Waals surface area contributed by atoms with Crippen LogP contribution in [-0.4, -0.2) is 25.3 Å². The molecule has 94 valence electrons. The van der Waals surface area contributed by atoms with Crippen LogP contribution in [0.3, 0.4) is 0 Å². The Hall–Kier alpha value is -1.71. The molecule has 0 aliphatic rings. The molecule has 1 aromatic rings. The van der Waals surface area contributed by atoms with Crippen LogP contribution >= 0.6 is 0 Å². The molecule has 17 heavy (non-hydrogen) atoms. The first-order valence-electron chi connectivity index (χ1n) is 5.31. The molecule has 0 fully saturated rings. The van der Waals surface area contributed by atoms with Gasteiger partial charge < -0.3 is 14.6 Å². The van der Waals surface area contributed by atoms with Gasteiger partial charge in [-0.1, -0.05) is 0 Å². The van der Waals surface area contributed by atoms with Crippen LogP contribution in [0.15, 0.2) is 12.1 Å². The van der Waals surface area contributed by atoms with Gasteiger partial charge in [0, 0.05) is 0 Å². The van der Waals surface area contributed by atoms with E-state index in [1.165, 1.54) is 7.11 Å². The van der Waals surface area contributed by atoms with Gasteiger partial charge in [-0.15, -0.1) is 0 Å². The number of carboxylic acids is 1. The number of hydrogen-bond acceptors (Lipinski definition) is 3. The van der Waals surface area contributed by atoms with Crippen molar-refractivity contribution in [2.75, 3.05) is 14.2 Å². The van der Waals surface area contributed by atoms with E-state index in [1.807, 2.05) is 6.92 Å². The van der Waals surface area contributed by atoms with Gasteiger partial charge in [-0.2, -0.15) is 0 Å². The topological polar surface area (TPSA) is 55.8 Å². The van der Waals surface area contributed by atoms with Crippen molar-refractivity contribution >= 4 is 5.97 Å². The van der Waals surface area contributed by atoms with Gasteiger partial charge in [0.1, 0.15) is 0 Å². The van der Waals surface area contributed by atoms with Crippen LogP contribution in [0.25, 0.3) is 0 Å². The summed E-state index contributed by atoms with van der Waals surface area (Å²) in [7, 11) is 3.09. The molecule has 0 amide bonds. The van der Waals surface area contributed by atoms with Crippen molar-refractivity contribution in [3.05, 3.63) is 23.3 Å². The highest BCUT2D eigenvalue weighted by atomic mass is 16.5. The lowest BCUT2D eigenvalue weighted by atomic mass is 9.82. The molecule has 4 nitrogen and oxygen atoms in total. The smallest absolute Gasteiger partial charge is 0.313 e. The zero-order valence-electron chi connectivity index (χ0n) is 10.8. The van der Waals surface area contributed by atoms with Crippen molar-refractivity contribution in [1.29, 1.82) is 0 Å². The molecule has 0 heterocycles. The third-order valence-corrected chi connectivity index (χ3v) is 2.94. The quantitative estimate of drug-likeness (QED) is 0.875. The van der Waals surface area contributed by atoms with Crippen molar-refractivity contribution in [2.24, 2.45) is 0 Å². The van der Waals surface area contributed by atoms with Gasteiger partial charge in [0.25, 0.3) is 0 Å². The lowest BCUT2D eigenvalue weighted by Crippen LogP contribution is -2.29. The molecule has 1 aromatic carbocycles.